The molecule has 154 valence electrons. The van der Waals surface area contributed by atoms with Crippen LogP contribution in [0.25, 0.3) is 10.9 Å². The van der Waals surface area contributed by atoms with Gasteiger partial charge in [-0.1, -0.05) is 67.6 Å². The maximum Gasteiger partial charge on any atom is 0.262 e. The van der Waals surface area contributed by atoms with E-state index in [1.165, 1.54) is 16.8 Å². The summed E-state index contributed by atoms with van der Waals surface area (Å²) in [7, 11) is 0. The molecule has 0 aliphatic carbocycles. The molecule has 1 aliphatic rings. The number of benzene rings is 2. The first-order valence-corrected chi connectivity index (χ1v) is 11.2. The molecule has 0 unspecified atom stereocenters. The van der Waals surface area contributed by atoms with E-state index in [9.17, 15) is 9.59 Å². The van der Waals surface area contributed by atoms with Gasteiger partial charge in [0.2, 0.25) is 0 Å². The van der Waals surface area contributed by atoms with Gasteiger partial charge in [-0.3, -0.25) is 14.2 Å². The second-order valence-electron chi connectivity index (χ2n) is 7.19. The third-order valence-electron chi connectivity index (χ3n) is 5.08. The van der Waals surface area contributed by atoms with Crippen molar-refractivity contribution in [2.75, 3.05) is 12.3 Å². The third kappa shape index (κ3) is 4.31. The van der Waals surface area contributed by atoms with Crippen LogP contribution in [0.3, 0.4) is 0 Å². The molecule has 7 heteroatoms. The average molecular weight is 421 g/mol. The summed E-state index contributed by atoms with van der Waals surface area (Å²) in [6.07, 6.45) is 2.61. The first-order valence-electron chi connectivity index (χ1n) is 10.2. The number of para-hydroxylation sites is 1. The van der Waals surface area contributed by atoms with Gasteiger partial charge in [-0.2, -0.15) is 5.10 Å². The van der Waals surface area contributed by atoms with E-state index < -0.39 is 0 Å². The minimum absolute atomic E-state index is 0.0467. The number of nitrogens with zero attached hydrogens (tertiary/aromatic N) is 4. The summed E-state index contributed by atoms with van der Waals surface area (Å²) in [5.41, 5.74) is 2.59. The van der Waals surface area contributed by atoms with Crippen LogP contribution >= 0.6 is 11.8 Å². The Morgan fingerprint density at radius 2 is 1.87 bits per heavy atom. The molecule has 0 atom stereocenters. The van der Waals surface area contributed by atoms with Gasteiger partial charge >= 0.3 is 0 Å². The second-order valence-corrected chi connectivity index (χ2v) is 8.13. The van der Waals surface area contributed by atoms with Crippen LogP contribution in [0.4, 0.5) is 0 Å². The highest BCUT2D eigenvalue weighted by atomic mass is 32.2. The van der Waals surface area contributed by atoms with E-state index in [0.29, 0.717) is 29.1 Å². The van der Waals surface area contributed by atoms with Gasteiger partial charge in [0, 0.05) is 13.0 Å². The number of fused-ring (bicyclic) bond motifs is 1. The van der Waals surface area contributed by atoms with Crippen molar-refractivity contribution in [2.45, 2.75) is 37.9 Å². The Bertz CT molecular complexity index is 1140. The fourth-order valence-corrected chi connectivity index (χ4v) is 4.34. The Balaban J connectivity index is 1.52. The van der Waals surface area contributed by atoms with Crippen LogP contribution in [0.1, 0.15) is 31.7 Å². The number of unbranched alkanes of at least 4 members (excludes halogenated alkanes) is 1. The van der Waals surface area contributed by atoms with Gasteiger partial charge in [-0.25, -0.2) is 9.99 Å². The molecular weight excluding hydrogens is 396 g/mol. The topological polar surface area (TPSA) is 67.6 Å². The molecule has 0 saturated carbocycles. The summed E-state index contributed by atoms with van der Waals surface area (Å²) in [5, 5.41) is 7.24. The maximum atomic E-state index is 12.9. The predicted octanol–water partition coefficient (Wildman–Crippen LogP) is 3.93. The number of aromatic nitrogens is 2. The van der Waals surface area contributed by atoms with Crippen molar-refractivity contribution in [1.82, 2.24) is 14.6 Å². The minimum Gasteiger partial charge on any atom is -0.287 e. The summed E-state index contributed by atoms with van der Waals surface area (Å²) < 4.78 is 1.70. The van der Waals surface area contributed by atoms with Gasteiger partial charge in [0.05, 0.1) is 28.9 Å². The first kappa shape index (κ1) is 20.3. The minimum atomic E-state index is -0.0737. The Labute approximate surface area is 179 Å². The summed E-state index contributed by atoms with van der Waals surface area (Å²) in [6.45, 7) is 3.27. The monoisotopic (exact) mass is 420 g/mol. The van der Waals surface area contributed by atoms with Gasteiger partial charge in [0.1, 0.15) is 0 Å². The van der Waals surface area contributed by atoms with Crippen molar-refractivity contribution in [3.8, 4) is 0 Å². The smallest absolute Gasteiger partial charge is 0.262 e. The second kappa shape index (κ2) is 9.26. The molecular formula is C23H24N4O2S. The predicted molar refractivity (Wildman–Crippen MR) is 121 cm³/mol. The van der Waals surface area contributed by atoms with Crippen LogP contribution in [0.2, 0.25) is 0 Å². The number of hydrogen-bond donors (Lipinski definition) is 0. The largest absolute Gasteiger partial charge is 0.287 e. The molecule has 4 rings (SSSR count). The molecule has 1 amide bonds. The lowest BCUT2D eigenvalue weighted by atomic mass is 10.1. The number of carbonyl (C=O) groups is 1. The summed E-state index contributed by atoms with van der Waals surface area (Å²) in [6, 6.07) is 17.3. The first-order chi connectivity index (χ1) is 14.7. The van der Waals surface area contributed by atoms with E-state index in [2.05, 4.69) is 17.0 Å². The van der Waals surface area contributed by atoms with E-state index >= 15 is 0 Å². The summed E-state index contributed by atoms with van der Waals surface area (Å²) >= 11 is 1.31. The zero-order valence-electron chi connectivity index (χ0n) is 17.0. The molecule has 0 bridgehead atoms. The van der Waals surface area contributed by atoms with E-state index in [4.69, 9.17) is 0 Å². The quantitative estimate of drug-likeness (QED) is 0.429. The van der Waals surface area contributed by atoms with Gasteiger partial charge < -0.3 is 0 Å². The van der Waals surface area contributed by atoms with Crippen LogP contribution in [0.5, 0.6) is 0 Å². The van der Waals surface area contributed by atoms with E-state index in [1.54, 1.807) is 10.6 Å². The fraction of sp³-hybridized carbons (Fsp3) is 0.304. The Kier molecular flexibility index (Phi) is 6.28. The van der Waals surface area contributed by atoms with Crippen molar-refractivity contribution in [3.05, 3.63) is 70.5 Å². The molecule has 0 radical (unpaired) electrons. The van der Waals surface area contributed by atoms with Gasteiger partial charge in [-0.15, -0.1) is 0 Å². The van der Waals surface area contributed by atoms with Crippen LogP contribution in [0, 0.1) is 0 Å². The molecule has 0 saturated heterocycles. The number of hydrogen-bond acceptors (Lipinski definition) is 5. The molecule has 1 aliphatic heterocycles. The van der Waals surface area contributed by atoms with Gasteiger partial charge in [0.15, 0.2) is 5.16 Å². The SMILES string of the molecule is CCCCn1c(SCC(=O)N2CCC(c3ccccc3)=N2)nc2ccccc2c1=O. The van der Waals surface area contributed by atoms with E-state index in [0.717, 1.165) is 30.5 Å². The average Bonchev–Trinajstić information content (AvgIpc) is 3.28. The van der Waals surface area contributed by atoms with Crippen LogP contribution in [-0.2, 0) is 11.3 Å². The Morgan fingerprint density at radius 3 is 2.67 bits per heavy atom. The van der Waals surface area contributed by atoms with Crippen LogP contribution < -0.4 is 5.56 Å². The van der Waals surface area contributed by atoms with Crippen molar-refractivity contribution in [2.24, 2.45) is 5.10 Å². The van der Waals surface area contributed by atoms with Gasteiger partial charge in [-0.05, 0) is 24.1 Å². The molecule has 1 aromatic heterocycles. The highest BCUT2D eigenvalue weighted by Gasteiger charge is 2.22. The molecule has 0 N–H and O–H groups in total. The van der Waals surface area contributed by atoms with Crippen molar-refractivity contribution in [1.29, 1.82) is 0 Å². The zero-order chi connectivity index (χ0) is 20.9. The van der Waals surface area contributed by atoms with Crippen molar-refractivity contribution < 1.29 is 4.79 Å². The van der Waals surface area contributed by atoms with Crippen molar-refractivity contribution in [3.63, 3.8) is 0 Å². The molecule has 30 heavy (non-hydrogen) atoms. The Morgan fingerprint density at radius 1 is 1.10 bits per heavy atom. The third-order valence-corrected chi connectivity index (χ3v) is 6.04. The lowest BCUT2D eigenvalue weighted by molar-refractivity contribution is -0.127. The number of amides is 1. The molecule has 0 fully saturated rings. The van der Waals surface area contributed by atoms with Crippen LogP contribution in [-0.4, -0.2) is 38.5 Å². The molecule has 6 nitrogen and oxygen atoms in total. The van der Waals surface area contributed by atoms with E-state index in [-0.39, 0.29) is 17.2 Å². The molecule has 2 heterocycles. The fourth-order valence-electron chi connectivity index (χ4n) is 3.44. The van der Waals surface area contributed by atoms with Crippen molar-refractivity contribution >= 4 is 34.3 Å². The van der Waals surface area contributed by atoms with Crippen LogP contribution in [0.15, 0.2) is 69.6 Å². The number of carbonyl (C=O) groups excluding carboxylic acids is 1. The number of rotatable bonds is 7. The molecule has 0 spiro atoms. The number of thioether (sulfide) groups is 1. The highest BCUT2D eigenvalue weighted by Crippen LogP contribution is 2.21. The molecule has 3 aromatic rings. The molecule has 2 aromatic carbocycles. The normalized spacial score (nSPS) is 13.6. The number of hydrazone groups is 1. The zero-order valence-corrected chi connectivity index (χ0v) is 17.8. The Hall–Kier alpha value is -2.93. The lowest BCUT2D eigenvalue weighted by Crippen LogP contribution is -2.27. The van der Waals surface area contributed by atoms with E-state index in [1.807, 2.05) is 48.5 Å². The van der Waals surface area contributed by atoms with Gasteiger partial charge in [0.25, 0.3) is 11.5 Å². The highest BCUT2D eigenvalue weighted by molar-refractivity contribution is 7.99. The summed E-state index contributed by atoms with van der Waals surface area (Å²) in [5.74, 6) is 0.123. The lowest BCUT2D eigenvalue weighted by Gasteiger charge is -2.14. The summed E-state index contributed by atoms with van der Waals surface area (Å²) in [4.78, 5) is 30.4. The standard InChI is InChI=1S/C23H24N4O2S/c1-2-3-14-26-22(29)18-11-7-8-12-20(18)24-23(26)30-16-21(28)27-15-13-19(25-27)17-9-5-4-6-10-17/h4-12H,2-3,13-16H2,1H3. The maximum absolute atomic E-state index is 12.9.